The highest BCUT2D eigenvalue weighted by Gasteiger charge is 2.37. The Kier molecular flexibility index (Phi) is 8.00. The van der Waals surface area contributed by atoms with E-state index in [0.717, 1.165) is 31.2 Å². The molecule has 0 spiro atoms. The number of nitrogens with one attached hydrogen (secondary N) is 2. The van der Waals surface area contributed by atoms with Crippen molar-refractivity contribution in [2.24, 2.45) is 11.7 Å². The predicted molar refractivity (Wildman–Crippen MR) is 88.0 cm³/mol. The first kappa shape index (κ1) is 20.0. The molecule has 120 valence electrons. The number of rotatable bonds is 3. The van der Waals surface area contributed by atoms with Gasteiger partial charge in [0.2, 0.25) is 11.5 Å². The molecule has 0 aromatic carbocycles. The molecule has 21 heavy (non-hydrogen) atoms. The number of carbonyl (C=O) groups excluding carboxylic acids is 1. The molecular weight excluding hydrogens is 313 g/mol. The Balaban J connectivity index is 0.00000200. The summed E-state index contributed by atoms with van der Waals surface area (Å²) < 4.78 is 0. The van der Waals surface area contributed by atoms with Gasteiger partial charge >= 0.3 is 0 Å². The molecule has 1 fully saturated rings. The quantitative estimate of drug-likeness (QED) is 0.786. The van der Waals surface area contributed by atoms with E-state index in [1.54, 1.807) is 12.3 Å². The van der Waals surface area contributed by atoms with Crippen LogP contribution >= 0.6 is 24.8 Å². The molecule has 2 unspecified atom stereocenters. The fourth-order valence-corrected chi connectivity index (χ4v) is 2.65. The van der Waals surface area contributed by atoms with E-state index in [2.05, 4.69) is 10.3 Å². The predicted octanol–water partition coefficient (Wildman–Crippen LogP) is 1.74. The van der Waals surface area contributed by atoms with Crippen molar-refractivity contribution < 1.29 is 4.79 Å². The van der Waals surface area contributed by atoms with Gasteiger partial charge in [0.1, 0.15) is 0 Å². The molecule has 1 saturated carbocycles. The second-order valence-corrected chi connectivity index (χ2v) is 5.58. The number of aromatic amines is 1. The van der Waals surface area contributed by atoms with Crippen molar-refractivity contribution in [3.05, 3.63) is 34.2 Å². The number of amides is 1. The van der Waals surface area contributed by atoms with Crippen LogP contribution in [-0.2, 0) is 11.3 Å². The lowest BCUT2D eigenvalue weighted by molar-refractivity contribution is -0.128. The second-order valence-electron chi connectivity index (χ2n) is 5.58. The molecule has 1 aliphatic carbocycles. The third-order valence-corrected chi connectivity index (χ3v) is 3.89. The molecule has 1 heterocycles. The molecule has 2 atom stereocenters. The van der Waals surface area contributed by atoms with Gasteiger partial charge in [0.05, 0.1) is 5.92 Å². The summed E-state index contributed by atoms with van der Waals surface area (Å²) in [6, 6.07) is 3.16. The molecule has 0 bridgehead atoms. The molecule has 1 aromatic rings. The van der Waals surface area contributed by atoms with E-state index in [9.17, 15) is 9.59 Å². The zero-order valence-electron chi connectivity index (χ0n) is 12.1. The lowest BCUT2D eigenvalue weighted by Crippen LogP contribution is -2.52. The lowest BCUT2D eigenvalue weighted by Gasteiger charge is -2.37. The van der Waals surface area contributed by atoms with E-state index in [4.69, 9.17) is 5.73 Å². The van der Waals surface area contributed by atoms with Crippen molar-refractivity contribution in [3.63, 3.8) is 0 Å². The Morgan fingerprint density at radius 2 is 2.14 bits per heavy atom. The number of carbonyl (C=O) groups is 1. The largest absolute Gasteiger partial charge is 0.352 e. The first-order valence-corrected chi connectivity index (χ1v) is 6.73. The van der Waals surface area contributed by atoms with Gasteiger partial charge in [-0.25, -0.2) is 0 Å². The third kappa shape index (κ3) is 5.34. The summed E-state index contributed by atoms with van der Waals surface area (Å²) >= 11 is 0. The standard InChI is InChI=1S/C14H21N3O2.2ClH/c1-14(15)7-3-2-4-11(14)13(19)17-9-10-5-6-12(18)16-8-10;;/h5-6,8,11H,2-4,7,9,15H2,1H3,(H,16,18)(H,17,19);2*1H. The minimum Gasteiger partial charge on any atom is -0.352 e. The van der Waals surface area contributed by atoms with Gasteiger partial charge in [0.15, 0.2) is 0 Å². The van der Waals surface area contributed by atoms with Crippen LogP contribution in [-0.4, -0.2) is 16.4 Å². The maximum absolute atomic E-state index is 12.2. The van der Waals surface area contributed by atoms with E-state index in [-0.39, 0.29) is 42.2 Å². The topological polar surface area (TPSA) is 88.0 Å². The summed E-state index contributed by atoms with van der Waals surface area (Å²) in [4.78, 5) is 25.7. The highest BCUT2D eigenvalue weighted by atomic mass is 35.5. The van der Waals surface area contributed by atoms with E-state index in [1.165, 1.54) is 6.07 Å². The third-order valence-electron chi connectivity index (χ3n) is 3.89. The molecule has 1 aliphatic rings. The van der Waals surface area contributed by atoms with E-state index in [0.29, 0.717) is 6.54 Å². The summed E-state index contributed by atoms with van der Waals surface area (Å²) in [6.07, 6.45) is 5.51. The van der Waals surface area contributed by atoms with Crippen LogP contribution in [0.1, 0.15) is 38.2 Å². The Labute approximate surface area is 136 Å². The van der Waals surface area contributed by atoms with Gasteiger partial charge in [-0.15, -0.1) is 24.8 Å². The summed E-state index contributed by atoms with van der Waals surface area (Å²) in [5.41, 5.74) is 6.53. The maximum Gasteiger partial charge on any atom is 0.247 e. The Morgan fingerprint density at radius 1 is 1.43 bits per heavy atom. The van der Waals surface area contributed by atoms with Crippen molar-refractivity contribution >= 4 is 30.7 Å². The van der Waals surface area contributed by atoms with Crippen LogP contribution in [0.2, 0.25) is 0 Å². The number of hydrogen-bond acceptors (Lipinski definition) is 3. The molecular formula is C14H23Cl2N3O2. The van der Waals surface area contributed by atoms with Crippen LogP contribution in [0.25, 0.3) is 0 Å². The fourth-order valence-electron chi connectivity index (χ4n) is 2.65. The molecule has 0 radical (unpaired) electrons. The summed E-state index contributed by atoms with van der Waals surface area (Å²) in [5.74, 6) is -0.111. The maximum atomic E-state index is 12.2. The van der Waals surface area contributed by atoms with Crippen LogP contribution in [0.15, 0.2) is 23.1 Å². The summed E-state index contributed by atoms with van der Waals surface area (Å²) in [5, 5.41) is 2.90. The van der Waals surface area contributed by atoms with Gasteiger partial charge in [-0.3, -0.25) is 9.59 Å². The van der Waals surface area contributed by atoms with Crippen LogP contribution in [0, 0.1) is 5.92 Å². The molecule has 1 amide bonds. The highest BCUT2D eigenvalue weighted by molar-refractivity contribution is 5.85. The van der Waals surface area contributed by atoms with E-state index in [1.807, 2.05) is 6.92 Å². The van der Waals surface area contributed by atoms with Crippen LogP contribution in [0.4, 0.5) is 0 Å². The number of pyridine rings is 1. The average molecular weight is 336 g/mol. The smallest absolute Gasteiger partial charge is 0.247 e. The number of hydrogen-bond donors (Lipinski definition) is 3. The summed E-state index contributed by atoms with van der Waals surface area (Å²) in [6.45, 7) is 2.37. The number of H-pyrrole nitrogens is 1. The van der Waals surface area contributed by atoms with Crippen molar-refractivity contribution in [2.45, 2.75) is 44.7 Å². The molecule has 7 heteroatoms. The number of aromatic nitrogens is 1. The monoisotopic (exact) mass is 335 g/mol. The van der Waals surface area contributed by atoms with Gasteiger partial charge in [0.25, 0.3) is 0 Å². The normalized spacial score (nSPS) is 24.4. The van der Waals surface area contributed by atoms with Gasteiger partial charge in [-0.1, -0.05) is 18.9 Å². The lowest BCUT2D eigenvalue weighted by atomic mass is 9.74. The van der Waals surface area contributed by atoms with Gasteiger partial charge < -0.3 is 16.0 Å². The van der Waals surface area contributed by atoms with Gasteiger partial charge in [-0.05, 0) is 25.3 Å². The molecule has 0 aliphatic heterocycles. The van der Waals surface area contributed by atoms with Crippen LogP contribution < -0.4 is 16.6 Å². The van der Waals surface area contributed by atoms with Crippen molar-refractivity contribution in [1.82, 2.24) is 10.3 Å². The highest BCUT2D eigenvalue weighted by Crippen LogP contribution is 2.31. The molecule has 0 saturated heterocycles. The minimum atomic E-state index is -0.409. The van der Waals surface area contributed by atoms with E-state index < -0.39 is 5.54 Å². The first-order chi connectivity index (χ1) is 8.99. The number of halogens is 2. The SMILES string of the molecule is CC1(N)CCCCC1C(=O)NCc1ccc(=O)[nH]c1.Cl.Cl. The Bertz CT molecular complexity index is 497. The van der Waals surface area contributed by atoms with E-state index >= 15 is 0 Å². The van der Waals surface area contributed by atoms with Crippen molar-refractivity contribution in [3.8, 4) is 0 Å². The van der Waals surface area contributed by atoms with Crippen molar-refractivity contribution in [2.75, 3.05) is 0 Å². The number of nitrogens with two attached hydrogens (primary N) is 1. The van der Waals surface area contributed by atoms with Crippen molar-refractivity contribution in [1.29, 1.82) is 0 Å². The van der Waals surface area contributed by atoms with Gasteiger partial charge in [-0.2, -0.15) is 0 Å². The zero-order chi connectivity index (χ0) is 13.9. The van der Waals surface area contributed by atoms with Crippen LogP contribution in [0.3, 0.4) is 0 Å². The van der Waals surface area contributed by atoms with Crippen LogP contribution in [0.5, 0.6) is 0 Å². The Hall–Kier alpha value is -1.04. The zero-order valence-corrected chi connectivity index (χ0v) is 13.7. The fraction of sp³-hybridized carbons (Fsp3) is 0.571. The average Bonchev–Trinajstić information content (AvgIpc) is 2.37. The summed E-state index contributed by atoms with van der Waals surface area (Å²) in [7, 11) is 0. The first-order valence-electron chi connectivity index (χ1n) is 6.73. The molecule has 2 rings (SSSR count). The molecule has 4 N–H and O–H groups in total. The Morgan fingerprint density at radius 3 is 2.71 bits per heavy atom. The van der Waals surface area contributed by atoms with Gasteiger partial charge in [0, 0.05) is 24.3 Å². The minimum absolute atomic E-state index is 0. The molecule has 1 aromatic heterocycles. The molecule has 5 nitrogen and oxygen atoms in total. The second kappa shape index (κ2) is 8.41.